The minimum absolute atomic E-state index is 0.297. The lowest BCUT2D eigenvalue weighted by Crippen LogP contribution is -2.25. The van der Waals surface area contributed by atoms with Crippen LogP contribution in [0.25, 0.3) is 0 Å². The maximum atomic E-state index is 12.2. The summed E-state index contributed by atoms with van der Waals surface area (Å²) in [6, 6.07) is 6.94. The van der Waals surface area contributed by atoms with Gasteiger partial charge in [0, 0.05) is 19.5 Å². The first kappa shape index (κ1) is 16.5. The van der Waals surface area contributed by atoms with Gasteiger partial charge in [0.05, 0.1) is 5.69 Å². The molecule has 5 heteroatoms. The van der Waals surface area contributed by atoms with E-state index in [1.165, 1.54) is 0 Å². The molecule has 110 valence electrons. The Morgan fingerprint density at radius 2 is 1.95 bits per heavy atom. The van der Waals surface area contributed by atoms with Crippen LogP contribution in [0.5, 0.6) is 0 Å². The molecule has 0 saturated carbocycles. The molecule has 0 heterocycles. The van der Waals surface area contributed by atoms with Crippen molar-refractivity contribution < 1.29 is 8.42 Å². The third-order valence-electron chi connectivity index (χ3n) is 2.78. The first-order chi connectivity index (χ1) is 9.61. The molecule has 1 aromatic rings. The Morgan fingerprint density at radius 3 is 2.65 bits per heavy atom. The van der Waals surface area contributed by atoms with E-state index in [1.54, 1.807) is 18.2 Å². The number of unbranched alkanes of at least 4 members (excludes halogenated alkanes) is 2. The number of sulfonamides is 1. The van der Waals surface area contributed by atoms with Crippen LogP contribution in [0, 0.1) is 12.3 Å². The van der Waals surface area contributed by atoms with Gasteiger partial charge in [-0.2, -0.15) is 0 Å². The minimum atomic E-state index is -3.45. The molecule has 4 nitrogen and oxygen atoms in total. The number of rotatable bonds is 9. The van der Waals surface area contributed by atoms with E-state index >= 15 is 0 Å². The van der Waals surface area contributed by atoms with Crippen molar-refractivity contribution in [3.63, 3.8) is 0 Å². The average Bonchev–Trinajstić information content (AvgIpc) is 2.45. The quantitative estimate of drug-likeness (QED) is 0.543. The van der Waals surface area contributed by atoms with Gasteiger partial charge in [-0.05, 0) is 31.4 Å². The third-order valence-corrected chi connectivity index (χ3v) is 4.30. The fourth-order valence-corrected chi connectivity index (χ4v) is 3.05. The van der Waals surface area contributed by atoms with Crippen molar-refractivity contribution >= 4 is 15.7 Å². The summed E-state index contributed by atoms with van der Waals surface area (Å²) in [4.78, 5) is 0.297. The Kier molecular flexibility index (Phi) is 7.13. The Morgan fingerprint density at radius 1 is 1.20 bits per heavy atom. The molecular weight excluding hydrogens is 272 g/mol. The van der Waals surface area contributed by atoms with Crippen LogP contribution in [0.4, 0.5) is 5.69 Å². The second-order valence-electron chi connectivity index (χ2n) is 4.48. The van der Waals surface area contributed by atoms with E-state index in [2.05, 4.69) is 16.0 Å². The van der Waals surface area contributed by atoms with Gasteiger partial charge in [0.25, 0.3) is 0 Å². The largest absolute Gasteiger partial charge is 0.384 e. The molecule has 0 spiro atoms. The van der Waals surface area contributed by atoms with E-state index in [-0.39, 0.29) is 0 Å². The van der Waals surface area contributed by atoms with Gasteiger partial charge in [-0.3, -0.25) is 0 Å². The van der Waals surface area contributed by atoms with Gasteiger partial charge in [-0.15, -0.1) is 12.3 Å². The molecule has 0 aliphatic heterocycles. The van der Waals surface area contributed by atoms with Gasteiger partial charge < -0.3 is 5.32 Å². The summed E-state index contributed by atoms with van der Waals surface area (Å²) in [6.45, 7) is 3.08. The van der Waals surface area contributed by atoms with Crippen molar-refractivity contribution in [1.29, 1.82) is 0 Å². The van der Waals surface area contributed by atoms with E-state index in [1.807, 2.05) is 13.0 Å². The number of hydrogen-bond donors (Lipinski definition) is 2. The summed E-state index contributed by atoms with van der Waals surface area (Å²) >= 11 is 0. The highest BCUT2D eigenvalue weighted by atomic mass is 32.2. The summed E-state index contributed by atoms with van der Waals surface area (Å²) in [5.74, 6) is 2.59. The first-order valence-electron chi connectivity index (χ1n) is 6.88. The number of anilines is 1. The molecule has 0 saturated heterocycles. The average molecular weight is 294 g/mol. The summed E-state index contributed by atoms with van der Waals surface area (Å²) < 4.78 is 26.9. The molecule has 0 amide bonds. The van der Waals surface area contributed by atoms with Gasteiger partial charge in [0.2, 0.25) is 10.0 Å². The van der Waals surface area contributed by atoms with Crippen molar-refractivity contribution in [3.05, 3.63) is 24.3 Å². The zero-order chi connectivity index (χ0) is 14.8. The molecule has 1 rings (SSSR count). The van der Waals surface area contributed by atoms with Crippen LogP contribution in [-0.4, -0.2) is 21.5 Å². The molecular formula is C15H22N2O2S. The van der Waals surface area contributed by atoms with Crippen molar-refractivity contribution in [1.82, 2.24) is 4.72 Å². The van der Waals surface area contributed by atoms with Crippen molar-refractivity contribution in [3.8, 4) is 12.3 Å². The van der Waals surface area contributed by atoms with Gasteiger partial charge in [-0.1, -0.05) is 19.1 Å². The lowest BCUT2D eigenvalue weighted by molar-refractivity contribution is 0.581. The molecule has 0 aliphatic rings. The lowest BCUT2D eigenvalue weighted by atomic mass is 10.2. The molecule has 0 aromatic heterocycles. The van der Waals surface area contributed by atoms with Crippen molar-refractivity contribution in [2.45, 2.75) is 37.5 Å². The van der Waals surface area contributed by atoms with Crippen molar-refractivity contribution in [2.75, 3.05) is 18.4 Å². The van der Waals surface area contributed by atoms with Gasteiger partial charge >= 0.3 is 0 Å². The number of benzene rings is 1. The van der Waals surface area contributed by atoms with Crippen LogP contribution in [0.3, 0.4) is 0 Å². The monoisotopic (exact) mass is 294 g/mol. The molecule has 1 aromatic carbocycles. The highest BCUT2D eigenvalue weighted by Crippen LogP contribution is 2.20. The number of para-hydroxylation sites is 1. The Balaban J connectivity index is 2.71. The van der Waals surface area contributed by atoms with Crippen LogP contribution in [0.1, 0.15) is 32.6 Å². The molecule has 0 bridgehead atoms. The Hall–Kier alpha value is -1.51. The zero-order valence-electron chi connectivity index (χ0n) is 11.9. The van der Waals surface area contributed by atoms with E-state index in [0.717, 1.165) is 25.7 Å². The molecule has 0 radical (unpaired) electrons. The summed E-state index contributed by atoms with van der Waals surface area (Å²) in [7, 11) is -3.45. The van der Waals surface area contributed by atoms with Crippen LogP contribution in [-0.2, 0) is 10.0 Å². The van der Waals surface area contributed by atoms with E-state index in [0.29, 0.717) is 23.7 Å². The van der Waals surface area contributed by atoms with Crippen LogP contribution < -0.4 is 10.0 Å². The molecule has 20 heavy (non-hydrogen) atoms. The second-order valence-corrected chi connectivity index (χ2v) is 6.22. The maximum absolute atomic E-state index is 12.2. The highest BCUT2D eigenvalue weighted by molar-refractivity contribution is 7.89. The standard InChI is InChI=1S/C15H22N2O2S/c1-3-5-6-9-13-16-14-10-7-8-11-15(14)20(18,19)17-12-4-2/h1,7-8,10-11,16-17H,4-6,9,12-13H2,2H3. The van der Waals surface area contributed by atoms with E-state index in [9.17, 15) is 8.42 Å². The molecule has 0 unspecified atom stereocenters. The summed E-state index contributed by atoms with van der Waals surface area (Å²) in [5.41, 5.74) is 0.636. The smallest absolute Gasteiger partial charge is 0.242 e. The maximum Gasteiger partial charge on any atom is 0.242 e. The van der Waals surface area contributed by atoms with Crippen LogP contribution in [0.2, 0.25) is 0 Å². The van der Waals surface area contributed by atoms with Crippen LogP contribution in [0.15, 0.2) is 29.2 Å². The molecule has 0 aliphatic carbocycles. The predicted octanol–water partition coefficient (Wildman–Crippen LogP) is 2.59. The number of nitrogens with one attached hydrogen (secondary N) is 2. The third kappa shape index (κ3) is 5.24. The van der Waals surface area contributed by atoms with E-state index in [4.69, 9.17) is 6.42 Å². The predicted molar refractivity (Wildman–Crippen MR) is 83.1 cm³/mol. The lowest BCUT2D eigenvalue weighted by Gasteiger charge is -2.12. The minimum Gasteiger partial charge on any atom is -0.384 e. The van der Waals surface area contributed by atoms with Gasteiger partial charge in [-0.25, -0.2) is 13.1 Å². The normalized spacial score (nSPS) is 11.0. The fraction of sp³-hybridized carbons (Fsp3) is 0.467. The first-order valence-corrected chi connectivity index (χ1v) is 8.36. The second kappa shape index (κ2) is 8.62. The summed E-state index contributed by atoms with van der Waals surface area (Å²) in [6.07, 6.45) is 8.56. The zero-order valence-corrected chi connectivity index (χ0v) is 12.7. The van der Waals surface area contributed by atoms with Crippen molar-refractivity contribution in [2.24, 2.45) is 0 Å². The number of terminal acetylenes is 1. The van der Waals surface area contributed by atoms with E-state index < -0.39 is 10.0 Å². The molecule has 0 fully saturated rings. The fourth-order valence-electron chi connectivity index (χ4n) is 1.74. The molecule has 0 atom stereocenters. The Labute approximate surface area is 122 Å². The van der Waals surface area contributed by atoms with Crippen LogP contribution >= 0.6 is 0 Å². The summed E-state index contributed by atoms with van der Waals surface area (Å²) in [5, 5.41) is 3.17. The van der Waals surface area contributed by atoms with Gasteiger partial charge in [0.1, 0.15) is 4.90 Å². The van der Waals surface area contributed by atoms with Gasteiger partial charge in [0.15, 0.2) is 0 Å². The number of hydrogen-bond acceptors (Lipinski definition) is 3. The SMILES string of the molecule is C#CCCCCNc1ccccc1S(=O)(=O)NCCC. The molecule has 2 N–H and O–H groups in total. The highest BCUT2D eigenvalue weighted by Gasteiger charge is 2.16. The Bertz CT molecular complexity index is 547. The topological polar surface area (TPSA) is 58.2 Å².